The summed E-state index contributed by atoms with van der Waals surface area (Å²) in [5.41, 5.74) is 12.9. The Morgan fingerprint density at radius 2 is 1.81 bits per heavy atom. The summed E-state index contributed by atoms with van der Waals surface area (Å²) in [4.78, 5) is 12.4. The molecule has 1 aliphatic carbocycles. The first-order valence-corrected chi connectivity index (χ1v) is 7.74. The third kappa shape index (κ3) is 3.90. The fourth-order valence-electron chi connectivity index (χ4n) is 3.25. The van der Waals surface area contributed by atoms with Crippen LogP contribution in [0.25, 0.3) is 0 Å². The molecule has 0 radical (unpaired) electrons. The predicted molar refractivity (Wildman–Crippen MR) is 85.8 cm³/mol. The highest BCUT2D eigenvalue weighted by atomic mass is 16.5. The lowest BCUT2D eigenvalue weighted by Gasteiger charge is -2.36. The van der Waals surface area contributed by atoms with Crippen LogP contribution in [0.1, 0.15) is 50.4 Å². The van der Waals surface area contributed by atoms with Gasteiger partial charge in [-0.1, -0.05) is 27.2 Å². The summed E-state index contributed by atoms with van der Waals surface area (Å²) in [7, 11) is 0. The first-order valence-electron chi connectivity index (χ1n) is 7.74. The molecule has 1 saturated carbocycles. The van der Waals surface area contributed by atoms with E-state index in [4.69, 9.17) is 16.2 Å². The molecule has 0 amide bonds. The van der Waals surface area contributed by atoms with E-state index in [-0.39, 0.29) is 12.1 Å². The summed E-state index contributed by atoms with van der Waals surface area (Å²) >= 11 is 0. The predicted octanol–water partition coefficient (Wildman–Crippen LogP) is 3.47. The van der Waals surface area contributed by atoms with Crippen molar-refractivity contribution in [1.82, 2.24) is 0 Å². The quantitative estimate of drug-likeness (QED) is 0.660. The van der Waals surface area contributed by atoms with Crippen molar-refractivity contribution in [1.29, 1.82) is 0 Å². The highest BCUT2D eigenvalue weighted by molar-refractivity contribution is 5.91. The molecule has 1 aromatic carbocycles. The third-order valence-corrected chi connectivity index (χ3v) is 4.43. The van der Waals surface area contributed by atoms with Gasteiger partial charge in [0.2, 0.25) is 0 Å². The van der Waals surface area contributed by atoms with E-state index in [0.717, 1.165) is 12.8 Å². The molecule has 1 aromatic rings. The van der Waals surface area contributed by atoms with Gasteiger partial charge in [-0.2, -0.15) is 0 Å². The summed E-state index contributed by atoms with van der Waals surface area (Å²) in [5, 5.41) is 0. The Morgan fingerprint density at radius 1 is 1.19 bits per heavy atom. The van der Waals surface area contributed by atoms with E-state index in [9.17, 15) is 4.79 Å². The van der Waals surface area contributed by atoms with Crippen LogP contribution in [0.3, 0.4) is 0 Å². The second-order valence-electron chi connectivity index (χ2n) is 6.66. The Balaban J connectivity index is 2.12. The molecule has 1 fully saturated rings. The van der Waals surface area contributed by atoms with Gasteiger partial charge in [0.1, 0.15) is 6.10 Å². The minimum atomic E-state index is -0.321. The maximum atomic E-state index is 12.4. The second-order valence-corrected chi connectivity index (χ2v) is 6.66. The van der Waals surface area contributed by atoms with Gasteiger partial charge in [0, 0.05) is 11.4 Å². The Morgan fingerprint density at radius 3 is 2.38 bits per heavy atom. The average molecular weight is 290 g/mol. The molecule has 0 heterocycles. The molecule has 2 rings (SSSR count). The van der Waals surface area contributed by atoms with Gasteiger partial charge in [0.05, 0.1) is 5.56 Å². The smallest absolute Gasteiger partial charge is 0.338 e. The monoisotopic (exact) mass is 290 g/mol. The van der Waals surface area contributed by atoms with E-state index in [1.54, 1.807) is 18.2 Å². The summed E-state index contributed by atoms with van der Waals surface area (Å²) < 4.78 is 5.78. The van der Waals surface area contributed by atoms with Gasteiger partial charge in [-0.15, -0.1) is 0 Å². The Labute approximate surface area is 126 Å². The summed E-state index contributed by atoms with van der Waals surface area (Å²) in [6, 6.07) is 4.88. The van der Waals surface area contributed by atoms with Crippen LogP contribution in [0.4, 0.5) is 11.4 Å². The highest BCUT2D eigenvalue weighted by Gasteiger charge is 2.33. The fraction of sp³-hybridized carbons (Fsp3) is 0.588. The SMILES string of the molecule is CC(C)[C@H]1CC[C@H](C)C[C@@H]1OC(=O)c1cc(N)cc(N)c1. The molecule has 4 nitrogen and oxygen atoms in total. The molecule has 116 valence electrons. The van der Waals surface area contributed by atoms with Gasteiger partial charge in [-0.3, -0.25) is 0 Å². The van der Waals surface area contributed by atoms with Crippen molar-refractivity contribution in [2.24, 2.45) is 17.8 Å². The van der Waals surface area contributed by atoms with E-state index < -0.39 is 0 Å². The summed E-state index contributed by atoms with van der Waals surface area (Å²) in [5.74, 6) is 1.23. The lowest BCUT2D eigenvalue weighted by Crippen LogP contribution is -2.35. The first kappa shape index (κ1) is 15.7. The Bertz CT molecular complexity index is 493. The molecular weight excluding hydrogens is 264 g/mol. The van der Waals surface area contributed by atoms with Crippen molar-refractivity contribution in [3.8, 4) is 0 Å². The van der Waals surface area contributed by atoms with Gasteiger partial charge < -0.3 is 16.2 Å². The number of hydrogen-bond acceptors (Lipinski definition) is 4. The van der Waals surface area contributed by atoms with Crippen molar-refractivity contribution >= 4 is 17.3 Å². The van der Waals surface area contributed by atoms with Crippen LogP contribution in [0, 0.1) is 17.8 Å². The van der Waals surface area contributed by atoms with Gasteiger partial charge in [0.15, 0.2) is 0 Å². The molecule has 0 spiro atoms. The molecule has 1 aliphatic rings. The number of benzene rings is 1. The van der Waals surface area contributed by atoms with Crippen LogP contribution >= 0.6 is 0 Å². The largest absolute Gasteiger partial charge is 0.458 e. The summed E-state index contributed by atoms with van der Waals surface area (Å²) in [6.45, 7) is 6.61. The number of rotatable bonds is 3. The zero-order chi connectivity index (χ0) is 15.6. The number of carbonyl (C=O) groups is 1. The minimum absolute atomic E-state index is 0.0103. The maximum Gasteiger partial charge on any atom is 0.338 e. The zero-order valence-electron chi connectivity index (χ0n) is 13.1. The molecule has 4 heteroatoms. The second kappa shape index (κ2) is 6.37. The zero-order valence-corrected chi connectivity index (χ0v) is 13.1. The van der Waals surface area contributed by atoms with E-state index in [2.05, 4.69) is 20.8 Å². The Hall–Kier alpha value is -1.71. The van der Waals surface area contributed by atoms with Crippen LogP contribution in [0.15, 0.2) is 18.2 Å². The number of nitrogens with two attached hydrogens (primary N) is 2. The Kier molecular flexibility index (Phi) is 4.76. The first-order chi connectivity index (χ1) is 9.86. The molecule has 0 aliphatic heterocycles. The highest BCUT2D eigenvalue weighted by Crippen LogP contribution is 2.35. The number of esters is 1. The third-order valence-electron chi connectivity index (χ3n) is 4.43. The number of hydrogen-bond donors (Lipinski definition) is 2. The van der Waals surface area contributed by atoms with Gasteiger partial charge in [-0.25, -0.2) is 4.79 Å². The lowest BCUT2D eigenvalue weighted by molar-refractivity contribution is -0.0174. The van der Waals surface area contributed by atoms with Crippen LogP contribution in [0.2, 0.25) is 0 Å². The van der Waals surface area contributed by atoms with E-state index in [1.807, 2.05) is 0 Å². The van der Waals surface area contributed by atoms with E-state index in [1.165, 1.54) is 6.42 Å². The molecule has 4 N–H and O–H groups in total. The lowest BCUT2D eigenvalue weighted by atomic mass is 9.75. The normalized spacial score (nSPS) is 25.8. The van der Waals surface area contributed by atoms with E-state index >= 15 is 0 Å². The van der Waals surface area contributed by atoms with Crippen LogP contribution < -0.4 is 11.5 Å². The minimum Gasteiger partial charge on any atom is -0.458 e. The molecule has 0 aromatic heterocycles. The topological polar surface area (TPSA) is 78.3 Å². The fourth-order valence-corrected chi connectivity index (χ4v) is 3.25. The number of carbonyl (C=O) groups excluding carboxylic acids is 1. The van der Waals surface area contributed by atoms with Crippen LogP contribution in [-0.2, 0) is 4.74 Å². The van der Waals surface area contributed by atoms with Crippen molar-refractivity contribution in [3.05, 3.63) is 23.8 Å². The molecule has 0 bridgehead atoms. The average Bonchev–Trinajstić information content (AvgIpc) is 2.37. The van der Waals surface area contributed by atoms with Crippen molar-refractivity contribution in [3.63, 3.8) is 0 Å². The molecule has 0 saturated heterocycles. The maximum absolute atomic E-state index is 12.4. The van der Waals surface area contributed by atoms with Crippen molar-refractivity contribution < 1.29 is 9.53 Å². The number of anilines is 2. The van der Waals surface area contributed by atoms with Crippen LogP contribution in [0.5, 0.6) is 0 Å². The molecular formula is C17H26N2O2. The molecule has 3 atom stereocenters. The van der Waals surface area contributed by atoms with Gasteiger partial charge in [0.25, 0.3) is 0 Å². The molecule has 21 heavy (non-hydrogen) atoms. The van der Waals surface area contributed by atoms with Gasteiger partial charge in [-0.05, 0) is 48.8 Å². The standard InChI is InChI=1S/C17H26N2O2/c1-10(2)15-5-4-11(3)6-16(15)21-17(20)12-7-13(18)9-14(19)8-12/h7-11,15-16H,4-6,18-19H2,1-3H3/t11-,15+,16-/m0/s1. The van der Waals surface area contributed by atoms with Crippen molar-refractivity contribution in [2.75, 3.05) is 11.5 Å². The number of ether oxygens (including phenoxy) is 1. The summed E-state index contributed by atoms with van der Waals surface area (Å²) in [6.07, 6.45) is 3.26. The van der Waals surface area contributed by atoms with E-state index in [0.29, 0.717) is 34.7 Å². The molecule has 0 unspecified atom stereocenters. The van der Waals surface area contributed by atoms with Crippen LogP contribution in [-0.4, -0.2) is 12.1 Å². The number of nitrogen functional groups attached to an aromatic ring is 2. The van der Waals surface area contributed by atoms with Crippen molar-refractivity contribution in [2.45, 2.75) is 46.1 Å². The van der Waals surface area contributed by atoms with Gasteiger partial charge >= 0.3 is 5.97 Å².